The van der Waals surface area contributed by atoms with Crippen LogP contribution >= 0.6 is 0 Å². The lowest BCUT2D eigenvalue weighted by Gasteiger charge is -2.22. The number of ketones is 1. The van der Waals surface area contributed by atoms with Gasteiger partial charge in [0.2, 0.25) is 0 Å². The molecule has 2 bridgehead atoms. The molecule has 3 atom stereocenters. The summed E-state index contributed by atoms with van der Waals surface area (Å²) in [4.78, 5) is 16.4. The van der Waals surface area contributed by atoms with Gasteiger partial charge in [-0.15, -0.1) is 0 Å². The lowest BCUT2D eigenvalue weighted by molar-refractivity contribution is -0.187. The van der Waals surface area contributed by atoms with Gasteiger partial charge in [-0.1, -0.05) is 0 Å². The minimum Gasteiger partial charge on any atom is -0.297 e. The largest absolute Gasteiger partial charge is 0.297 e. The van der Waals surface area contributed by atoms with Gasteiger partial charge in [0.15, 0.2) is 5.78 Å². The third kappa shape index (κ3) is 0.777. The zero-order valence-electron chi connectivity index (χ0n) is 6.04. The SMILES string of the molecule is C[C@H]1C[C@H]2ON1CCC2=O. The van der Waals surface area contributed by atoms with E-state index in [4.69, 9.17) is 4.84 Å². The van der Waals surface area contributed by atoms with Gasteiger partial charge < -0.3 is 0 Å². The summed E-state index contributed by atoms with van der Waals surface area (Å²) in [6.45, 7) is 2.88. The molecule has 3 heteroatoms. The topological polar surface area (TPSA) is 29.5 Å². The fourth-order valence-corrected chi connectivity index (χ4v) is 1.58. The summed E-state index contributed by atoms with van der Waals surface area (Å²) < 4.78 is 0. The van der Waals surface area contributed by atoms with Crippen LogP contribution in [-0.4, -0.2) is 29.5 Å². The number of fused-ring (bicyclic) bond motifs is 2. The Morgan fingerprint density at radius 2 is 2.50 bits per heavy atom. The molecule has 2 rings (SSSR count). The fourth-order valence-electron chi connectivity index (χ4n) is 1.58. The van der Waals surface area contributed by atoms with Crippen LogP contribution in [0, 0.1) is 0 Å². The smallest absolute Gasteiger partial charge is 0.165 e. The maximum atomic E-state index is 11.0. The molecule has 56 valence electrons. The Balaban J connectivity index is 2.15. The maximum Gasteiger partial charge on any atom is 0.165 e. The number of carbonyl (C=O) groups is 1. The molecule has 1 unspecified atom stereocenters. The van der Waals surface area contributed by atoms with Crippen molar-refractivity contribution in [3.8, 4) is 0 Å². The molecule has 0 N–H and O–H groups in total. The Hall–Kier alpha value is -0.410. The van der Waals surface area contributed by atoms with Crippen molar-refractivity contribution in [3.63, 3.8) is 0 Å². The number of hydrogen-bond donors (Lipinski definition) is 0. The maximum absolute atomic E-state index is 11.0. The molecule has 0 aromatic heterocycles. The van der Waals surface area contributed by atoms with Gasteiger partial charge in [-0.2, -0.15) is 5.06 Å². The predicted octanol–water partition coefficient (Wildman–Crippen LogP) is 0.354. The molecule has 2 fully saturated rings. The third-order valence-electron chi connectivity index (χ3n) is 2.25. The summed E-state index contributed by atoms with van der Waals surface area (Å²) >= 11 is 0. The molecule has 0 amide bonds. The number of Topliss-reactive ketones (excluding diaryl/α,β-unsaturated/α-hetero) is 1. The van der Waals surface area contributed by atoms with Crippen molar-refractivity contribution < 1.29 is 9.63 Å². The van der Waals surface area contributed by atoms with Crippen LogP contribution in [0.15, 0.2) is 0 Å². The summed E-state index contributed by atoms with van der Waals surface area (Å²) in [7, 11) is 0. The molecule has 10 heavy (non-hydrogen) atoms. The van der Waals surface area contributed by atoms with E-state index in [1.807, 2.05) is 5.06 Å². The zero-order valence-corrected chi connectivity index (χ0v) is 6.04. The molecule has 2 aliphatic heterocycles. The van der Waals surface area contributed by atoms with Crippen molar-refractivity contribution in [3.05, 3.63) is 0 Å². The van der Waals surface area contributed by atoms with Crippen LogP contribution in [0.3, 0.4) is 0 Å². The van der Waals surface area contributed by atoms with Crippen LogP contribution < -0.4 is 0 Å². The van der Waals surface area contributed by atoms with Gasteiger partial charge in [0.05, 0.1) is 0 Å². The van der Waals surface area contributed by atoms with Crippen molar-refractivity contribution in [2.45, 2.75) is 31.9 Å². The molecule has 2 heterocycles. The normalized spacial score (nSPS) is 46.1. The average Bonchev–Trinajstić information content (AvgIpc) is 2.21. The van der Waals surface area contributed by atoms with Gasteiger partial charge >= 0.3 is 0 Å². The molecule has 2 aliphatic rings. The highest BCUT2D eigenvalue weighted by Crippen LogP contribution is 2.26. The van der Waals surface area contributed by atoms with Crippen LogP contribution in [0.1, 0.15) is 19.8 Å². The Bertz CT molecular complexity index is 167. The Labute approximate surface area is 59.9 Å². The van der Waals surface area contributed by atoms with Gasteiger partial charge in [0.1, 0.15) is 6.10 Å². The van der Waals surface area contributed by atoms with Crippen LogP contribution in [-0.2, 0) is 9.63 Å². The highest BCUT2D eigenvalue weighted by molar-refractivity contribution is 5.84. The van der Waals surface area contributed by atoms with Crippen molar-refractivity contribution in [2.24, 2.45) is 0 Å². The molecule has 3 nitrogen and oxygen atoms in total. The molecular weight excluding hydrogens is 130 g/mol. The molecule has 0 aromatic carbocycles. The van der Waals surface area contributed by atoms with Gasteiger partial charge in [-0.25, -0.2) is 0 Å². The summed E-state index contributed by atoms with van der Waals surface area (Å²) in [5.41, 5.74) is 0. The quantitative estimate of drug-likeness (QED) is 0.487. The number of hydroxylamine groups is 2. The zero-order chi connectivity index (χ0) is 7.14. The van der Waals surface area contributed by atoms with Crippen molar-refractivity contribution in [2.75, 3.05) is 6.54 Å². The van der Waals surface area contributed by atoms with Crippen LogP contribution in [0.25, 0.3) is 0 Å². The minimum atomic E-state index is -0.108. The molecular formula is C7H11NO2. The second-order valence-corrected chi connectivity index (χ2v) is 3.04. The van der Waals surface area contributed by atoms with E-state index in [0.29, 0.717) is 12.5 Å². The first kappa shape index (κ1) is 6.31. The van der Waals surface area contributed by atoms with Crippen LogP contribution in [0.5, 0.6) is 0 Å². The fraction of sp³-hybridized carbons (Fsp3) is 0.857. The first-order chi connectivity index (χ1) is 4.77. The molecule has 0 aromatic rings. The van der Waals surface area contributed by atoms with Crippen molar-refractivity contribution in [1.29, 1.82) is 0 Å². The highest BCUT2D eigenvalue weighted by Gasteiger charge is 2.38. The summed E-state index contributed by atoms with van der Waals surface area (Å²) in [6.07, 6.45) is 1.46. The number of rotatable bonds is 0. The first-order valence-corrected chi connectivity index (χ1v) is 3.73. The number of carbonyl (C=O) groups excluding carboxylic acids is 1. The highest BCUT2D eigenvalue weighted by atomic mass is 16.7. The van der Waals surface area contributed by atoms with Gasteiger partial charge in [0, 0.05) is 25.4 Å². The number of nitrogens with zero attached hydrogens (tertiary/aromatic N) is 1. The summed E-state index contributed by atoms with van der Waals surface area (Å²) in [5, 5.41) is 1.92. The Morgan fingerprint density at radius 3 is 3.20 bits per heavy atom. The van der Waals surface area contributed by atoms with Crippen molar-refractivity contribution >= 4 is 5.78 Å². The van der Waals surface area contributed by atoms with E-state index < -0.39 is 0 Å². The van der Waals surface area contributed by atoms with Gasteiger partial charge in [0.25, 0.3) is 0 Å². The van der Waals surface area contributed by atoms with E-state index in [-0.39, 0.29) is 11.9 Å². The Morgan fingerprint density at radius 1 is 1.70 bits per heavy atom. The second kappa shape index (κ2) is 2.04. The average molecular weight is 141 g/mol. The predicted molar refractivity (Wildman–Crippen MR) is 35.3 cm³/mol. The molecule has 0 spiro atoms. The van der Waals surface area contributed by atoms with E-state index in [1.165, 1.54) is 0 Å². The third-order valence-corrected chi connectivity index (χ3v) is 2.25. The Kier molecular flexibility index (Phi) is 1.28. The van der Waals surface area contributed by atoms with E-state index in [0.717, 1.165) is 13.0 Å². The van der Waals surface area contributed by atoms with Crippen LogP contribution in [0.4, 0.5) is 0 Å². The molecule has 0 saturated carbocycles. The first-order valence-electron chi connectivity index (χ1n) is 3.73. The van der Waals surface area contributed by atoms with E-state index >= 15 is 0 Å². The lowest BCUT2D eigenvalue weighted by Crippen LogP contribution is -2.34. The van der Waals surface area contributed by atoms with E-state index in [9.17, 15) is 4.79 Å². The van der Waals surface area contributed by atoms with Gasteiger partial charge in [-0.05, 0) is 6.92 Å². The molecule has 2 saturated heterocycles. The van der Waals surface area contributed by atoms with Crippen molar-refractivity contribution in [1.82, 2.24) is 5.06 Å². The summed E-state index contributed by atoms with van der Waals surface area (Å²) in [5.74, 6) is 0.278. The van der Waals surface area contributed by atoms with E-state index in [1.54, 1.807) is 0 Å². The minimum absolute atomic E-state index is 0.108. The standard InChI is InChI=1S/C7H11NO2/c1-5-4-7-6(9)2-3-8(5)10-7/h5,7H,2-4H2,1H3/t5-,7+/m0/s1. The van der Waals surface area contributed by atoms with Crippen LogP contribution in [0.2, 0.25) is 0 Å². The molecule has 0 aliphatic carbocycles. The van der Waals surface area contributed by atoms with E-state index in [2.05, 4.69) is 6.92 Å². The lowest BCUT2D eigenvalue weighted by atomic mass is 10.1. The second-order valence-electron chi connectivity index (χ2n) is 3.04. The monoisotopic (exact) mass is 141 g/mol. The molecule has 0 radical (unpaired) electrons. The van der Waals surface area contributed by atoms with Gasteiger partial charge in [-0.3, -0.25) is 9.63 Å². The summed E-state index contributed by atoms with van der Waals surface area (Å²) in [6, 6.07) is 0.441. The number of hydrogen-bond acceptors (Lipinski definition) is 3.